The number of fused-ring (bicyclic) bond motifs is 2. The summed E-state index contributed by atoms with van der Waals surface area (Å²) in [4.78, 5) is 11.7. The summed E-state index contributed by atoms with van der Waals surface area (Å²) in [7, 11) is 0. The zero-order valence-electron chi connectivity index (χ0n) is 8.14. The number of ether oxygens (including phenoxy) is 1. The highest BCUT2D eigenvalue weighted by Crippen LogP contribution is 2.32. The molecule has 1 heterocycles. The minimum atomic E-state index is -0.132. The predicted octanol–water partition coefficient (Wildman–Crippen LogP) is 1.87. The molecule has 3 aliphatic rings. The lowest BCUT2D eigenvalue weighted by Gasteiger charge is -2.16. The molecule has 3 rings (SSSR count). The van der Waals surface area contributed by atoms with Crippen molar-refractivity contribution < 1.29 is 9.53 Å². The van der Waals surface area contributed by atoms with Gasteiger partial charge in [0.2, 0.25) is 0 Å². The number of ketones is 1. The lowest BCUT2D eigenvalue weighted by atomic mass is 9.89. The van der Waals surface area contributed by atoms with Crippen LogP contribution < -0.4 is 0 Å². The third kappa shape index (κ3) is 1.26. The van der Waals surface area contributed by atoms with Gasteiger partial charge in [-0.25, -0.2) is 0 Å². The van der Waals surface area contributed by atoms with E-state index in [4.69, 9.17) is 4.74 Å². The Labute approximate surface area is 87.9 Å². The van der Waals surface area contributed by atoms with Crippen LogP contribution in [0.4, 0.5) is 0 Å². The fraction of sp³-hybridized carbons (Fsp3) is 0.154. The molecule has 0 radical (unpaired) electrons. The van der Waals surface area contributed by atoms with E-state index in [1.165, 1.54) is 0 Å². The molecular weight excluding hydrogens is 188 g/mol. The molecular formula is C13H10O2. The monoisotopic (exact) mass is 198 g/mol. The molecule has 1 unspecified atom stereocenters. The van der Waals surface area contributed by atoms with Gasteiger partial charge in [0.05, 0.1) is 0 Å². The molecule has 1 saturated heterocycles. The van der Waals surface area contributed by atoms with Crippen molar-refractivity contribution in [2.45, 2.75) is 6.10 Å². The number of allylic oxidation sites excluding steroid dienone is 8. The van der Waals surface area contributed by atoms with Gasteiger partial charge in [-0.3, -0.25) is 4.79 Å². The van der Waals surface area contributed by atoms with Gasteiger partial charge in [-0.15, -0.1) is 0 Å². The molecule has 15 heavy (non-hydrogen) atoms. The standard InChI is InChI=1S/C13H10O2/c14-11-8-15-12-7-6-9-4-2-1-3-5-10(9)13(11)12/h1-7,12H,8H2. The van der Waals surface area contributed by atoms with Gasteiger partial charge in [0.25, 0.3) is 0 Å². The fourth-order valence-corrected chi connectivity index (χ4v) is 2.08. The summed E-state index contributed by atoms with van der Waals surface area (Å²) in [6, 6.07) is 0. The normalized spacial score (nSPS) is 27.6. The molecule has 2 heteroatoms. The van der Waals surface area contributed by atoms with Crippen LogP contribution in [0.5, 0.6) is 0 Å². The number of carbonyl (C=O) groups is 1. The molecule has 0 aromatic rings. The summed E-state index contributed by atoms with van der Waals surface area (Å²) in [5, 5.41) is 0. The van der Waals surface area contributed by atoms with Gasteiger partial charge in [-0.1, -0.05) is 42.5 Å². The summed E-state index contributed by atoms with van der Waals surface area (Å²) in [5.41, 5.74) is 2.91. The van der Waals surface area contributed by atoms with E-state index in [2.05, 4.69) is 0 Å². The van der Waals surface area contributed by atoms with Crippen LogP contribution in [0.25, 0.3) is 0 Å². The van der Waals surface area contributed by atoms with Crippen LogP contribution in [0.15, 0.2) is 59.3 Å². The molecule has 1 aliphatic heterocycles. The van der Waals surface area contributed by atoms with E-state index in [0.717, 1.165) is 16.7 Å². The number of Topliss-reactive ketones (excluding diaryl/α,β-unsaturated/α-hetero) is 1. The molecule has 0 spiro atoms. The van der Waals surface area contributed by atoms with Crippen LogP contribution >= 0.6 is 0 Å². The van der Waals surface area contributed by atoms with Crippen molar-refractivity contribution in [1.82, 2.24) is 0 Å². The lowest BCUT2D eigenvalue weighted by Crippen LogP contribution is -2.13. The van der Waals surface area contributed by atoms with Crippen molar-refractivity contribution in [1.29, 1.82) is 0 Å². The molecule has 0 saturated carbocycles. The molecule has 0 bridgehead atoms. The second-order valence-corrected chi connectivity index (χ2v) is 3.71. The van der Waals surface area contributed by atoms with E-state index < -0.39 is 0 Å². The third-order valence-corrected chi connectivity index (χ3v) is 2.79. The van der Waals surface area contributed by atoms with E-state index in [1.807, 2.05) is 42.5 Å². The van der Waals surface area contributed by atoms with Gasteiger partial charge in [-0.2, -0.15) is 0 Å². The zero-order valence-corrected chi connectivity index (χ0v) is 8.14. The van der Waals surface area contributed by atoms with E-state index in [0.29, 0.717) is 0 Å². The number of hydrogen-bond donors (Lipinski definition) is 0. The van der Waals surface area contributed by atoms with Crippen molar-refractivity contribution in [2.75, 3.05) is 6.61 Å². The second kappa shape index (κ2) is 3.17. The van der Waals surface area contributed by atoms with Crippen LogP contribution in [0.2, 0.25) is 0 Å². The molecule has 74 valence electrons. The molecule has 0 aromatic heterocycles. The Morgan fingerprint density at radius 2 is 2.13 bits per heavy atom. The summed E-state index contributed by atoms with van der Waals surface area (Å²) >= 11 is 0. The second-order valence-electron chi connectivity index (χ2n) is 3.71. The van der Waals surface area contributed by atoms with Gasteiger partial charge in [0, 0.05) is 5.57 Å². The first-order valence-corrected chi connectivity index (χ1v) is 4.99. The molecule has 0 amide bonds. The van der Waals surface area contributed by atoms with Crippen LogP contribution in [-0.4, -0.2) is 18.5 Å². The Morgan fingerprint density at radius 3 is 3.07 bits per heavy atom. The Balaban J connectivity index is 2.21. The third-order valence-electron chi connectivity index (χ3n) is 2.79. The van der Waals surface area contributed by atoms with E-state index >= 15 is 0 Å². The molecule has 2 nitrogen and oxygen atoms in total. The van der Waals surface area contributed by atoms with Crippen LogP contribution in [0.3, 0.4) is 0 Å². The highest BCUT2D eigenvalue weighted by atomic mass is 16.5. The Morgan fingerprint density at radius 1 is 1.20 bits per heavy atom. The average Bonchev–Trinajstić information content (AvgIpc) is 2.51. The van der Waals surface area contributed by atoms with Crippen molar-refractivity contribution in [3.63, 3.8) is 0 Å². The highest BCUT2D eigenvalue weighted by molar-refractivity contribution is 6.02. The quantitative estimate of drug-likeness (QED) is 0.594. The Kier molecular flexibility index (Phi) is 1.82. The van der Waals surface area contributed by atoms with E-state index in [1.54, 1.807) is 0 Å². The SMILES string of the molecule is O=C1COC2C=CC3=CC=CC=CC3=C12. The first-order valence-electron chi connectivity index (χ1n) is 4.99. The van der Waals surface area contributed by atoms with Gasteiger partial charge < -0.3 is 4.74 Å². The maximum Gasteiger partial charge on any atom is 0.188 e. The molecule has 0 N–H and O–H groups in total. The van der Waals surface area contributed by atoms with Gasteiger partial charge in [-0.05, 0) is 11.1 Å². The largest absolute Gasteiger partial charge is 0.361 e. The molecule has 1 atom stereocenters. The summed E-state index contributed by atoms with van der Waals surface area (Å²) in [6.45, 7) is 0.211. The lowest BCUT2D eigenvalue weighted by molar-refractivity contribution is -0.115. The maximum atomic E-state index is 11.7. The maximum absolute atomic E-state index is 11.7. The minimum Gasteiger partial charge on any atom is -0.361 e. The summed E-state index contributed by atoms with van der Waals surface area (Å²) < 4.78 is 5.38. The first-order chi connectivity index (χ1) is 7.36. The van der Waals surface area contributed by atoms with Crippen LogP contribution in [0.1, 0.15) is 0 Å². The highest BCUT2D eigenvalue weighted by Gasteiger charge is 2.32. The smallest absolute Gasteiger partial charge is 0.188 e. The van der Waals surface area contributed by atoms with Gasteiger partial charge in [0.15, 0.2) is 5.78 Å². The molecule has 0 aromatic carbocycles. The zero-order chi connectivity index (χ0) is 10.3. The van der Waals surface area contributed by atoms with Gasteiger partial charge in [0.1, 0.15) is 12.7 Å². The minimum absolute atomic E-state index is 0.108. The van der Waals surface area contributed by atoms with Gasteiger partial charge >= 0.3 is 0 Å². The Bertz CT molecular complexity index is 473. The Hall–Kier alpha value is -1.67. The van der Waals surface area contributed by atoms with Crippen molar-refractivity contribution in [3.8, 4) is 0 Å². The van der Waals surface area contributed by atoms with Crippen molar-refractivity contribution in [2.24, 2.45) is 0 Å². The van der Waals surface area contributed by atoms with E-state index in [9.17, 15) is 4.79 Å². The van der Waals surface area contributed by atoms with Crippen molar-refractivity contribution >= 4 is 5.78 Å². The van der Waals surface area contributed by atoms with Crippen molar-refractivity contribution in [3.05, 3.63) is 59.3 Å². The summed E-state index contributed by atoms with van der Waals surface area (Å²) in [6.07, 6.45) is 13.7. The topological polar surface area (TPSA) is 26.3 Å². The summed E-state index contributed by atoms with van der Waals surface area (Å²) in [5.74, 6) is 0.108. The first kappa shape index (κ1) is 8.62. The van der Waals surface area contributed by atoms with Crippen LogP contribution in [-0.2, 0) is 9.53 Å². The predicted molar refractivity (Wildman–Crippen MR) is 57.3 cm³/mol. The molecule has 2 aliphatic carbocycles. The average molecular weight is 198 g/mol. The van der Waals surface area contributed by atoms with E-state index in [-0.39, 0.29) is 18.5 Å². The van der Waals surface area contributed by atoms with Crippen LogP contribution in [0, 0.1) is 0 Å². The number of rotatable bonds is 0. The number of carbonyl (C=O) groups excluding carboxylic acids is 1. The molecule has 1 fully saturated rings. The number of hydrogen-bond acceptors (Lipinski definition) is 2. The fourth-order valence-electron chi connectivity index (χ4n) is 2.08.